The summed E-state index contributed by atoms with van der Waals surface area (Å²) in [6.07, 6.45) is 2.17. The van der Waals surface area contributed by atoms with Crippen LogP contribution in [-0.4, -0.2) is 37.1 Å². The third-order valence-electron chi connectivity index (χ3n) is 3.76. The Bertz CT molecular complexity index is 617. The number of anilines is 1. The second kappa shape index (κ2) is 6.59. The van der Waals surface area contributed by atoms with E-state index in [2.05, 4.69) is 15.5 Å². The molecule has 2 aromatic rings. The van der Waals surface area contributed by atoms with Crippen molar-refractivity contribution < 1.29 is 4.79 Å². The van der Waals surface area contributed by atoms with E-state index in [-0.39, 0.29) is 6.03 Å². The van der Waals surface area contributed by atoms with E-state index in [9.17, 15) is 4.79 Å². The zero-order valence-electron chi connectivity index (χ0n) is 12.1. The number of urea groups is 1. The zero-order valence-corrected chi connectivity index (χ0v) is 12.1. The van der Waals surface area contributed by atoms with Gasteiger partial charge in [-0.2, -0.15) is 0 Å². The molecular formula is C17H21N3O. The highest BCUT2D eigenvalue weighted by molar-refractivity contribution is 6.01. The minimum atomic E-state index is -0.127. The molecule has 1 saturated heterocycles. The predicted molar refractivity (Wildman–Crippen MR) is 86.6 cm³/mol. The van der Waals surface area contributed by atoms with Gasteiger partial charge in [0.2, 0.25) is 0 Å². The summed E-state index contributed by atoms with van der Waals surface area (Å²) < 4.78 is 0. The van der Waals surface area contributed by atoms with Gasteiger partial charge in [0.25, 0.3) is 0 Å². The maximum atomic E-state index is 11.9. The second-order valence-electron chi connectivity index (χ2n) is 5.46. The lowest BCUT2D eigenvalue weighted by Gasteiger charge is -2.10. The lowest BCUT2D eigenvalue weighted by Crippen LogP contribution is -2.29. The average molecular weight is 283 g/mol. The van der Waals surface area contributed by atoms with Crippen molar-refractivity contribution in [3.05, 3.63) is 42.5 Å². The summed E-state index contributed by atoms with van der Waals surface area (Å²) in [7, 11) is 0. The van der Waals surface area contributed by atoms with Crippen molar-refractivity contribution in [1.29, 1.82) is 0 Å². The van der Waals surface area contributed by atoms with Gasteiger partial charge in [-0.15, -0.1) is 0 Å². The summed E-state index contributed by atoms with van der Waals surface area (Å²) in [6.45, 7) is 4.38. The number of benzene rings is 2. The van der Waals surface area contributed by atoms with Crippen LogP contribution in [0.4, 0.5) is 10.5 Å². The molecule has 0 radical (unpaired) electrons. The molecule has 1 aliphatic heterocycles. The average Bonchev–Trinajstić information content (AvgIpc) is 3.31. The van der Waals surface area contributed by atoms with Crippen LogP contribution in [0.5, 0.6) is 0 Å². The van der Waals surface area contributed by atoms with E-state index in [1.807, 2.05) is 42.5 Å². The number of rotatable bonds is 6. The largest absolute Gasteiger partial charge is 0.338 e. The van der Waals surface area contributed by atoms with E-state index in [4.69, 9.17) is 0 Å². The van der Waals surface area contributed by atoms with Gasteiger partial charge >= 0.3 is 6.03 Å². The fraction of sp³-hybridized carbons (Fsp3) is 0.353. The van der Waals surface area contributed by atoms with Crippen molar-refractivity contribution in [1.82, 2.24) is 10.2 Å². The van der Waals surface area contributed by atoms with Crippen LogP contribution in [0.25, 0.3) is 10.8 Å². The topological polar surface area (TPSA) is 44.1 Å². The smallest absolute Gasteiger partial charge is 0.319 e. The van der Waals surface area contributed by atoms with E-state index in [1.54, 1.807) is 0 Å². The molecule has 4 heteroatoms. The first-order chi connectivity index (χ1) is 10.3. The summed E-state index contributed by atoms with van der Waals surface area (Å²) in [5, 5.41) is 8.06. The number of hydrogen-bond donors (Lipinski definition) is 2. The van der Waals surface area contributed by atoms with Gasteiger partial charge < -0.3 is 15.5 Å². The maximum Gasteiger partial charge on any atom is 0.319 e. The van der Waals surface area contributed by atoms with Gasteiger partial charge in [0.15, 0.2) is 0 Å². The van der Waals surface area contributed by atoms with Crippen molar-refractivity contribution in [2.75, 3.05) is 31.5 Å². The van der Waals surface area contributed by atoms with Gasteiger partial charge in [-0.3, -0.25) is 0 Å². The Morgan fingerprint density at radius 3 is 2.71 bits per heavy atom. The van der Waals surface area contributed by atoms with Crippen molar-refractivity contribution in [2.45, 2.75) is 12.8 Å². The van der Waals surface area contributed by atoms with Crippen LogP contribution in [0, 0.1) is 0 Å². The monoisotopic (exact) mass is 283 g/mol. The van der Waals surface area contributed by atoms with Crippen LogP contribution < -0.4 is 10.6 Å². The number of carbonyl (C=O) groups is 1. The minimum Gasteiger partial charge on any atom is -0.338 e. The third kappa shape index (κ3) is 3.95. The Morgan fingerprint density at radius 2 is 1.86 bits per heavy atom. The first-order valence-corrected chi connectivity index (χ1v) is 7.58. The summed E-state index contributed by atoms with van der Waals surface area (Å²) >= 11 is 0. The molecular weight excluding hydrogens is 262 g/mol. The van der Waals surface area contributed by atoms with Gasteiger partial charge in [0.1, 0.15) is 0 Å². The van der Waals surface area contributed by atoms with Gasteiger partial charge in [-0.05, 0) is 30.8 Å². The number of unbranched alkanes of at least 4 members (excludes halogenated alkanes) is 1. The Labute approximate surface area is 125 Å². The predicted octanol–water partition coefficient (Wildman–Crippen LogP) is 3.06. The molecule has 2 aromatic carbocycles. The van der Waals surface area contributed by atoms with Gasteiger partial charge in [-0.25, -0.2) is 4.79 Å². The maximum absolute atomic E-state index is 11.9. The van der Waals surface area contributed by atoms with Crippen LogP contribution in [0.15, 0.2) is 42.5 Å². The molecule has 1 aliphatic rings. The molecule has 2 amide bonds. The summed E-state index contributed by atoms with van der Waals surface area (Å²) in [5.41, 5.74) is 0.856. The lowest BCUT2D eigenvalue weighted by molar-refractivity contribution is 0.252. The fourth-order valence-electron chi connectivity index (χ4n) is 2.46. The number of carbonyl (C=O) groups excluding carboxylic acids is 1. The zero-order chi connectivity index (χ0) is 14.5. The van der Waals surface area contributed by atoms with Crippen molar-refractivity contribution >= 4 is 22.5 Å². The van der Waals surface area contributed by atoms with Crippen LogP contribution in [0.1, 0.15) is 12.8 Å². The standard InChI is InChI=1S/C17H21N3O/c21-17(18-10-3-4-11-20-12-13-20)19-16-9-5-7-14-6-1-2-8-15(14)16/h1-2,5-9H,3-4,10-13H2,(H2,18,19,21). The SMILES string of the molecule is O=C(NCCCCN1CC1)Nc1cccc2ccccc12. The summed E-state index contributed by atoms with van der Waals surface area (Å²) in [6, 6.07) is 13.9. The molecule has 21 heavy (non-hydrogen) atoms. The molecule has 1 fully saturated rings. The van der Waals surface area contributed by atoms with Gasteiger partial charge in [0.05, 0.1) is 5.69 Å². The Morgan fingerprint density at radius 1 is 1.05 bits per heavy atom. The van der Waals surface area contributed by atoms with E-state index in [0.29, 0.717) is 0 Å². The minimum absolute atomic E-state index is 0.127. The molecule has 0 aromatic heterocycles. The number of amides is 2. The highest BCUT2D eigenvalue weighted by Gasteiger charge is 2.15. The number of nitrogens with zero attached hydrogens (tertiary/aromatic N) is 1. The molecule has 0 atom stereocenters. The Hall–Kier alpha value is -2.07. The van der Waals surface area contributed by atoms with E-state index in [0.717, 1.165) is 42.4 Å². The highest BCUT2D eigenvalue weighted by Crippen LogP contribution is 2.22. The molecule has 0 spiro atoms. The molecule has 4 nitrogen and oxygen atoms in total. The van der Waals surface area contributed by atoms with Crippen molar-refractivity contribution in [2.24, 2.45) is 0 Å². The number of nitrogens with one attached hydrogen (secondary N) is 2. The van der Waals surface area contributed by atoms with Crippen LogP contribution in [0.2, 0.25) is 0 Å². The lowest BCUT2D eigenvalue weighted by atomic mass is 10.1. The molecule has 110 valence electrons. The first kappa shape index (κ1) is 13.9. The van der Waals surface area contributed by atoms with Gasteiger partial charge in [0, 0.05) is 25.0 Å². The highest BCUT2D eigenvalue weighted by atomic mass is 16.2. The van der Waals surface area contributed by atoms with Gasteiger partial charge in [-0.1, -0.05) is 36.4 Å². The van der Waals surface area contributed by atoms with E-state index in [1.165, 1.54) is 13.1 Å². The molecule has 0 bridgehead atoms. The summed E-state index contributed by atoms with van der Waals surface area (Å²) in [4.78, 5) is 14.3. The first-order valence-electron chi connectivity index (χ1n) is 7.58. The fourth-order valence-corrected chi connectivity index (χ4v) is 2.46. The third-order valence-corrected chi connectivity index (χ3v) is 3.76. The van der Waals surface area contributed by atoms with Crippen LogP contribution in [0.3, 0.4) is 0 Å². The van der Waals surface area contributed by atoms with Crippen LogP contribution >= 0.6 is 0 Å². The number of hydrogen-bond acceptors (Lipinski definition) is 2. The van der Waals surface area contributed by atoms with Crippen molar-refractivity contribution in [3.63, 3.8) is 0 Å². The second-order valence-corrected chi connectivity index (χ2v) is 5.46. The molecule has 3 rings (SSSR count). The molecule has 2 N–H and O–H groups in total. The van der Waals surface area contributed by atoms with E-state index >= 15 is 0 Å². The number of fused-ring (bicyclic) bond motifs is 1. The van der Waals surface area contributed by atoms with Crippen molar-refractivity contribution in [3.8, 4) is 0 Å². The molecule has 0 unspecified atom stereocenters. The molecule has 0 saturated carbocycles. The normalized spacial score (nSPS) is 14.1. The molecule has 0 aliphatic carbocycles. The van der Waals surface area contributed by atoms with E-state index < -0.39 is 0 Å². The summed E-state index contributed by atoms with van der Waals surface area (Å²) in [5.74, 6) is 0. The Balaban J connectivity index is 1.48. The Kier molecular flexibility index (Phi) is 4.36. The molecule has 1 heterocycles. The quantitative estimate of drug-likeness (QED) is 0.632. The van der Waals surface area contributed by atoms with Crippen LogP contribution in [-0.2, 0) is 0 Å².